The van der Waals surface area contributed by atoms with Crippen LogP contribution in [0.4, 0.5) is 0 Å². The van der Waals surface area contributed by atoms with Crippen molar-refractivity contribution in [2.75, 3.05) is 0 Å². The summed E-state index contributed by atoms with van der Waals surface area (Å²) in [6.45, 7) is 0. The molecule has 0 bridgehead atoms. The number of nitrogens with zero attached hydrogens (tertiary/aromatic N) is 1. The van der Waals surface area contributed by atoms with E-state index in [9.17, 15) is 5.26 Å². The summed E-state index contributed by atoms with van der Waals surface area (Å²) in [5.41, 5.74) is 2.79. The quantitative estimate of drug-likeness (QED) is 0.612. The monoisotopic (exact) mass is 383 g/mol. The molecule has 2 nitrogen and oxygen atoms in total. The maximum atomic E-state index is 9.24. The molecule has 0 amide bonds. The molecule has 0 unspecified atom stereocenters. The van der Waals surface area contributed by atoms with Gasteiger partial charge in [-0.1, -0.05) is 0 Å². The number of rotatable bonds is 2. The molecule has 0 N–H and O–H groups in total. The van der Waals surface area contributed by atoms with Crippen molar-refractivity contribution >= 4 is 32.7 Å². The van der Waals surface area contributed by atoms with Gasteiger partial charge in [0.1, 0.15) is 0 Å². The van der Waals surface area contributed by atoms with E-state index >= 15 is 0 Å². The molecule has 21 heavy (non-hydrogen) atoms. The van der Waals surface area contributed by atoms with E-state index in [1.54, 1.807) is 12.5 Å². The van der Waals surface area contributed by atoms with Crippen molar-refractivity contribution in [2.24, 2.45) is 0 Å². The van der Waals surface area contributed by atoms with Gasteiger partial charge in [0, 0.05) is 0 Å². The SMILES string of the molecule is [CH3][Sn]([CH3])([CH3])[c]1ccc2cc(C#N)cc(-c3ccoc3)c2c1. The molecule has 0 aliphatic heterocycles. The van der Waals surface area contributed by atoms with Crippen molar-refractivity contribution in [3.05, 3.63) is 54.5 Å². The van der Waals surface area contributed by atoms with Crippen LogP contribution in [0.15, 0.2) is 53.3 Å². The van der Waals surface area contributed by atoms with Gasteiger partial charge in [0.15, 0.2) is 0 Å². The molecule has 0 spiro atoms. The first-order valence-electron chi connectivity index (χ1n) is 7.00. The number of fused-ring (bicyclic) bond motifs is 1. The average Bonchev–Trinajstić information content (AvgIpc) is 2.98. The van der Waals surface area contributed by atoms with E-state index in [-0.39, 0.29) is 0 Å². The van der Waals surface area contributed by atoms with Crippen molar-refractivity contribution < 1.29 is 4.42 Å². The van der Waals surface area contributed by atoms with E-state index in [0.717, 1.165) is 16.5 Å². The molecule has 0 atom stereocenters. The first-order chi connectivity index (χ1) is 9.99. The number of benzene rings is 2. The first kappa shape index (κ1) is 14.2. The molecule has 2 aromatic carbocycles. The van der Waals surface area contributed by atoms with Crippen LogP contribution in [0.5, 0.6) is 0 Å². The molecule has 0 aliphatic carbocycles. The zero-order valence-corrected chi connectivity index (χ0v) is 15.3. The number of hydrogen-bond donors (Lipinski definition) is 0. The predicted molar refractivity (Wildman–Crippen MR) is 89.3 cm³/mol. The van der Waals surface area contributed by atoms with Gasteiger partial charge in [-0.05, 0) is 0 Å². The summed E-state index contributed by atoms with van der Waals surface area (Å²) in [5, 5.41) is 11.6. The molecule has 0 radical (unpaired) electrons. The zero-order valence-electron chi connectivity index (χ0n) is 12.5. The second-order valence-corrected chi connectivity index (χ2v) is 20.8. The van der Waals surface area contributed by atoms with E-state index in [1.807, 2.05) is 18.2 Å². The number of furan rings is 1. The van der Waals surface area contributed by atoms with Crippen LogP contribution in [0.3, 0.4) is 0 Å². The average molecular weight is 382 g/mol. The van der Waals surface area contributed by atoms with Crippen LogP contribution in [0.25, 0.3) is 21.9 Å². The normalized spacial score (nSPS) is 11.5. The number of hydrogen-bond acceptors (Lipinski definition) is 2. The van der Waals surface area contributed by atoms with Gasteiger partial charge < -0.3 is 0 Å². The second kappa shape index (κ2) is 5.23. The van der Waals surface area contributed by atoms with Gasteiger partial charge in [-0.25, -0.2) is 0 Å². The third-order valence-electron chi connectivity index (χ3n) is 3.78. The van der Waals surface area contributed by atoms with Crippen LogP contribution in [0, 0.1) is 11.3 Å². The maximum absolute atomic E-state index is 9.24. The fourth-order valence-corrected chi connectivity index (χ4v) is 5.86. The van der Waals surface area contributed by atoms with Crippen LogP contribution in [-0.2, 0) is 0 Å². The van der Waals surface area contributed by atoms with E-state index in [4.69, 9.17) is 4.42 Å². The molecule has 0 saturated carbocycles. The topological polar surface area (TPSA) is 36.9 Å². The molecule has 1 aromatic heterocycles. The molecule has 3 rings (SSSR count). The Labute approximate surface area is 128 Å². The Kier molecular flexibility index (Phi) is 3.54. The Morgan fingerprint density at radius 1 is 1.05 bits per heavy atom. The molecule has 3 heteroatoms. The Morgan fingerprint density at radius 3 is 2.48 bits per heavy atom. The Morgan fingerprint density at radius 2 is 1.86 bits per heavy atom. The molecule has 1 heterocycles. The third-order valence-corrected chi connectivity index (χ3v) is 9.61. The van der Waals surface area contributed by atoms with Gasteiger partial charge in [-0.3, -0.25) is 0 Å². The fourth-order valence-electron chi connectivity index (χ4n) is 2.55. The van der Waals surface area contributed by atoms with Gasteiger partial charge in [-0.15, -0.1) is 0 Å². The predicted octanol–water partition coefficient (Wildman–Crippen LogP) is 4.52. The standard InChI is InChI=1S/C15H8NO.3CH3.Sn/c16-9-11-7-12-3-1-2-4-14(12)15(8-11)13-5-6-17-10-13;;;;/h1,3-8,10H;3*1H3;. The van der Waals surface area contributed by atoms with Crippen molar-refractivity contribution in [1.29, 1.82) is 5.26 Å². The summed E-state index contributed by atoms with van der Waals surface area (Å²) >= 11 is -2.12. The van der Waals surface area contributed by atoms with E-state index in [1.165, 1.54) is 8.97 Å². The number of nitriles is 1. The molecule has 104 valence electrons. The van der Waals surface area contributed by atoms with Crippen LogP contribution >= 0.6 is 0 Å². The summed E-state index contributed by atoms with van der Waals surface area (Å²) < 4.78 is 6.71. The molecular formula is C18H17NOSn. The third kappa shape index (κ3) is 2.71. The van der Waals surface area contributed by atoms with Gasteiger partial charge >= 0.3 is 129 Å². The van der Waals surface area contributed by atoms with Gasteiger partial charge in [-0.2, -0.15) is 0 Å². The van der Waals surface area contributed by atoms with E-state index in [0.29, 0.717) is 5.56 Å². The van der Waals surface area contributed by atoms with Gasteiger partial charge in [0.05, 0.1) is 0 Å². The Balaban J connectivity index is 2.35. The summed E-state index contributed by atoms with van der Waals surface area (Å²) in [5.74, 6) is 0. The molecule has 0 saturated heterocycles. The minimum atomic E-state index is -2.12. The van der Waals surface area contributed by atoms with Crippen molar-refractivity contribution in [1.82, 2.24) is 0 Å². The van der Waals surface area contributed by atoms with Crippen molar-refractivity contribution in [3.8, 4) is 17.2 Å². The minimum absolute atomic E-state index is 0.686. The van der Waals surface area contributed by atoms with E-state index < -0.39 is 18.4 Å². The Bertz CT molecular complexity index is 836. The molecule has 0 fully saturated rings. The van der Waals surface area contributed by atoms with Crippen LogP contribution in [0.1, 0.15) is 5.56 Å². The van der Waals surface area contributed by atoms with Crippen molar-refractivity contribution in [2.45, 2.75) is 14.8 Å². The van der Waals surface area contributed by atoms with Gasteiger partial charge in [0.25, 0.3) is 0 Å². The Hall–Kier alpha value is -1.73. The summed E-state index contributed by atoms with van der Waals surface area (Å²) in [6, 6.07) is 14.8. The molecule has 0 aliphatic rings. The van der Waals surface area contributed by atoms with Crippen LogP contribution < -0.4 is 3.58 Å². The fraction of sp³-hybridized carbons (Fsp3) is 0.167. The summed E-state index contributed by atoms with van der Waals surface area (Å²) in [6.07, 6.45) is 3.41. The molecule has 3 aromatic rings. The van der Waals surface area contributed by atoms with Gasteiger partial charge in [0.2, 0.25) is 0 Å². The van der Waals surface area contributed by atoms with E-state index in [2.05, 4.69) is 39.1 Å². The van der Waals surface area contributed by atoms with Crippen molar-refractivity contribution in [3.63, 3.8) is 0 Å². The summed E-state index contributed by atoms with van der Waals surface area (Å²) in [4.78, 5) is 7.24. The van der Waals surface area contributed by atoms with Crippen LogP contribution in [0.2, 0.25) is 14.8 Å². The van der Waals surface area contributed by atoms with Crippen LogP contribution in [-0.4, -0.2) is 18.4 Å². The first-order valence-corrected chi connectivity index (χ1v) is 17.0. The second-order valence-electron chi connectivity index (χ2n) is 6.33. The molecular weight excluding hydrogens is 365 g/mol. The summed E-state index contributed by atoms with van der Waals surface area (Å²) in [7, 11) is 0. The zero-order chi connectivity index (χ0) is 15.0.